The Morgan fingerprint density at radius 2 is 1.45 bits per heavy atom. The minimum atomic E-state index is 0.402. The molecule has 0 aliphatic carbocycles. The molecule has 0 N–H and O–H groups in total. The van der Waals surface area contributed by atoms with Crippen LogP contribution >= 0.6 is 46.4 Å². The summed E-state index contributed by atoms with van der Waals surface area (Å²) < 4.78 is 0. The van der Waals surface area contributed by atoms with E-state index in [4.69, 9.17) is 46.4 Å². The van der Waals surface area contributed by atoms with Crippen molar-refractivity contribution < 1.29 is 0 Å². The average molecular weight is 343 g/mol. The molecule has 100 valence electrons. The number of benzene rings is 2. The van der Waals surface area contributed by atoms with Gasteiger partial charge in [0.25, 0.3) is 0 Å². The van der Waals surface area contributed by atoms with Gasteiger partial charge in [-0.3, -0.25) is 0 Å². The first-order chi connectivity index (χ1) is 9.51. The summed E-state index contributed by atoms with van der Waals surface area (Å²) in [5, 5.41) is 11.0. The third-order valence-corrected chi connectivity index (χ3v) is 4.08. The van der Waals surface area contributed by atoms with E-state index in [1.807, 2.05) is 0 Å². The van der Waals surface area contributed by atoms with E-state index in [0.717, 1.165) is 5.56 Å². The molecule has 0 atom stereocenters. The molecule has 0 saturated carbocycles. The van der Waals surface area contributed by atoms with Crippen LogP contribution in [0.3, 0.4) is 0 Å². The Bertz CT molecular complexity index is 729. The standard InChI is InChI=1S/C15H7Cl4N/c16-12-3-1-9(6-14(12)18)5-11(8-20)10-2-4-13(17)15(19)7-10/h1-7H/b11-5-. The van der Waals surface area contributed by atoms with Gasteiger partial charge < -0.3 is 0 Å². The minimum Gasteiger partial charge on any atom is -0.192 e. The molecule has 0 aromatic heterocycles. The Morgan fingerprint density at radius 3 is 2.00 bits per heavy atom. The zero-order valence-corrected chi connectivity index (χ0v) is 13.0. The van der Waals surface area contributed by atoms with E-state index in [1.165, 1.54) is 0 Å². The predicted molar refractivity (Wildman–Crippen MR) is 86.4 cm³/mol. The molecule has 0 radical (unpaired) electrons. The fourth-order valence-corrected chi connectivity index (χ4v) is 2.22. The van der Waals surface area contributed by atoms with Crippen LogP contribution in [0.4, 0.5) is 0 Å². The Balaban J connectivity index is 2.46. The Kier molecular flexibility index (Phi) is 4.96. The zero-order chi connectivity index (χ0) is 14.7. The predicted octanol–water partition coefficient (Wildman–Crippen LogP) is 6.36. The van der Waals surface area contributed by atoms with E-state index in [9.17, 15) is 5.26 Å². The third kappa shape index (κ3) is 3.48. The van der Waals surface area contributed by atoms with Crippen molar-refractivity contribution in [2.24, 2.45) is 0 Å². The second-order valence-electron chi connectivity index (χ2n) is 3.97. The van der Waals surface area contributed by atoms with E-state index in [0.29, 0.717) is 31.2 Å². The summed E-state index contributed by atoms with van der Waals surface area (Å²) in [5.41, 5.74) is 1.93. The Hall–Kier alpha value is -1.17. The first-order valence-electron chi connectivity index (χ1n) is 5.53. The fraction of sp³-hybridized carbons (Fsp3) is 0. The smallest absolute Gasteiger partial charge is 0.0998 e. The number of nitriles is 1. The number of rotatable bonds is 2. The van der Waals surface area contributed by atoms with Crippen LogP contribution in [0.2, 0.25) is 20.1 Å². The molecule has 20 heavy (non-hydrogen) atoms. The van der Waals surface area contributed by atoms with E-state index in [2.05, 4.69) is 6.07 Å². The lowest BCUT2D eigenvalue weighted by molar-refractivity contribution is 1.52. The van der Waals surface area contributed by atoms with Gasteiger partial charge in [-0.15, -0.1) is 0 Å². The molecule has 0 heterocycles. The molecule has 2 aromatic carbocycles. The summed E-state index contributed by atoms with van der Waals surface area (Å²) in [6.45, 7) is 0. The Morgan fingerprint density at radius 1 is 0.850 bits per heavy atom. The highest BCUT2D eigenvalue weighted by atomic mass is 35.5. The maximum atomic E-state index is 9.27. The van der Waals surface area contributed by atoms with Crippen LogP contribution in [0.15, 0.2) is 36.4 Å². The van der Waals surface area contributed by atoms with Crippen molar-refractivity contribution in [3.8, 4) is 6.07 Å². The first-order valence-corrected chi connectivity index (χ1v) is 7.04. The SMILES string of the molecule is N#C/C(=C/c1ccc(Cl)c(Cl)c1)c1ccc(Cl)c(Cl)c1. The van der Waals surface area contributed by atoms with Crippen LogP contribution in [0.1, 0.15) is 11.1 Å². The van der Waals surface area contributed by atoms with Crippen molar-refractivity contribution >= 4 is 58.1 Å². The minimum absolute atomic E-state index is 0.402. The molecule has 0 fully saturated rings. The summed E-state index contributed by atoms with van der Waals surface area (Å²) in [6.07, 6.45) is 1.71. The molecule has 0 aliphatic rings. The van der Waals surface area contributed by atoms with Gasteiger partial charge in [0.2, 0.25) is 0 Å². The van der Waals surface area contributed by atoms with Gasteiger partial charge in [-0.2, -0.15) is 5.26 Å². The van der Waals surface area contributed by atoms with Crippen LogP contribution in [-0.4, -0.2) is 0 Å². The van der Waals surface area contributed by atoms with Gasteiger partial charge >= 0.3 is 0 Å². The normalized spacial score (nSPS) is 11.2. The lowest BCUT2D eigenvalue weighted by Gasteiger charge is -2.03. The summed E-state index contributed by atoms with van der Waals surface area (Å²) in [6, 6.07) is 12.3. The molecule has 0 amide bonds. The van der Waals surface area contributed by atoms with Gasteiger partial charge in [0, 0.05) is 0 Å². The molecule has 0 unspecified atom stereocenters. The third-order valence-electron chi connectivity index (χ3n) is 2.61. The number of nitrogens with zero attached hydrogens (tertiary/aromatic N) is 1. The van der Waals surface area contributed by atoms with E-state index in [1.54, 1.807) is 42.5 Å². The van der Waals surface area contributed by atoms with Crippen molar-refractivity contribution in [3.05, 3.63) is 67.6 Å². The van der Waals surface area contributed by atoms with E-state index >= 15 is 0 Å². The molecular formula is C15H7Cl4N. The summed E-state index contributed by atoms with van der Waals surface area (Å²) in [5.74, 6) is 0. The number of hydrogen-bond donors (Lipinski definition) is 0. The van der Waals surface area contributed by atoms with Gasteiger partial charge in [0.1, 0.15) is 0 Å². The van der Waals surface area contributed by atoms with Crippen LogP contribution in [0.25, 0.3) is 11.6 Å². The molecule has 2 aromatic rings. The van der Waals surface area contributed by atoms with E-state index in [-0.39, 0.29) is 0 Å². The molecule has 0 spiro atoms. The second-order valence-corrected chi connectivity index (χ2v) is 5.60. The van der Waals surface area contributed by atoms with Crippen molar-refractivity contribution in [1.82, 2.24) is 0 Å². The van der Waals surface area contributed by atoms with Crippen molar-refractivity contribution in [2.45, 2.75) is 0 Å². The largest absolute Gasteiger partial charge is 0.192 e. The van der Waals surface area contributed by atoms with Crippen molar-refractivity contribution in [3.63, 3.8) is 0 Å². The average Bonchev–Trinajstić information content (AvgIpc) is 2.43. The summed E-state index contributed by atoms with van der Waals surface area (Å²) >= 11 is 23.6. The molecule has 2 rings (SSSR count). The Labute approximate surface area is 136 Å². The quantitative estimate of drug-likeness (QED) is 0.459. The van der Waals surface area contributed by atoms with Crippen LogP contribution in [-0.2, 0) is 0 Å². The highest BCUT2D eigenvalue weighted by molar-refractivity contribution is 6.42. The van der Waals surface area contributed by atoms with Gasteiger partial charge in [-0.05, 0) is 41.5 Å². The fourth-order valence-electron chi connectivity index (χ4n) is 1.61. The van der Waals surface area contributed by atoms with E-state index < -0.39 is 0 Å². The van der Waals surface area contributed by atoms with Crippen molar-refractivity contribution in [1.29, 1.82) is 5.26 Å². The lowest BCUT2D eigenvalue weighted by atomic mass is 10.0. The zero-order valence-electron chi connectivity index (χ0n) is 10.0. The van der Waals surface area contributed by atoms with Crippen LogP contribution in [0, 0.1) is 11.3 Å². The second kappa shape index (κ2) is 6.52. The monoisotopic (exact) mass is 341 g/mol. The molecule has 0 bridgehead atoms. The molecule has 5 heteroatoms. The summed E-state index contributed by atoms with van der Waals surface area (Å²) in [7, 11) is 0. The van der Waals surface area contributed by atoms with Gasteiger partial charge in [0.15, 0.2) is 0 Å². The molecule has 0 saturated heterocycles. The number of hydrogen-bond acceptors (Lipinski definition) is 1. The molecule has 0 aliphatic heterocycles. The molecule has 1 nitrogen and oxygen atoms in total. The maximum absolute atomic E-state index is 9.27. The topological polar surface area (TPSA) is 23.8 Å². The lowest BCUT2D eigenvalue weighted by Crippen LogP contribution is -1.83. The highest BCUT2D eigenvalue weighted by Gasteiger charge is 2.05. The number of allylic oxidation sites excluding steroid dienone is 1. The van der Waals surface area contributed by atoms with Crippen LogP contribution < -0.4 is 0 Å². The first kappa shape index (κ1) is 15.2. The summed E-state index contributed by atoms with van der Waals surface area (Å²) in [4.78, 5) is 0. The number of halogens is 4. The van der Waals surface area contributed by atoms with Gasteiger partial charge in [0.05, 0.1) is 31.7 Å². The maximum Gasteiger partial charge on any atom is 0.0998 e. The van der Waals surface area contributed by atoms with Gasteiger partial charge in [-0.25, -0.2) is 0 Å². The molecular weight excluding hydrogens is 336 g/mol. The van der Waals surface area contributed by atoms with Crippen molar-refractivity contribution in [2.75, 3.05) is 0 Å². The van der Waals surface area contributed by atoms with Gasteiger partial charge in [-0.1, -0.05) is 58.5 Å². The van der Waals surface area contributed by atoms with Crippen LogP contribution in [0.5, 0.6) is 0 Å². The highest BCUT2D eigenvalue weighted by Crippen LogP contribution is 2.28.